The maximum absolute atomic E-state index is 9.87. The van der Waals surface area contributed by atoms with E-state index < -0.39 is 5.97 Å². The second kappa shape index (κ2) is 10.7. The molecule has 0 atom stereocenters. The molecule has 0 saturated heterocycles. The van der Waals surface area contributed by atoms with Gasteiger partial charge in [-0.1, -0.05) is 0 Å². The zero-order valence-electron chi connectivity index (χ0n) is 11.3. The fraction of sp³-hybridized carbons (Fsp3) is 0.667. The Kier molecular flexibility index (Phi) is 9.90. The summed E-state index contributed by atoms with van der Waals surface area (Å²) < 4.78 is 13.9. The molecule has 0 unspecified atom stereocenters. The quantitative estimate of drug-likeness (QED) is 0.466. The van der Waals surface area contributed by atoms with Crippen molar-refractivity contribution in [2.75, 3.05) is 26.4 Å². The number of aromatic nitrogens is 2. The summed E-state index contributed by atoms with van der Waals surface area (Å²) in [7, 11) is 4.00. The monoisotopic (exact) mass is 258 g/mol. The van der Waals surface area contributed by atoms with Gasteiger partial charge in [-0.25, -0.2) is 9.13 Å². The molecule has 0 bridgehead atoms. The van der Waals surface area contributed by atoms with E-state index in [9.17, 15) is 9.90 Å². The van der Waals surface area contributed by atoms with Gasteiger partial charge in [0, 0.05) is 19.0 Å². The van der Waals surface area contributed by atoms with E-state index in [2.05, 4.69) is 0 Å². The highest BCUT2D eigenvalue weighted by Crippen LogP contribution is 1.81. The largest absolute Gasteiger partial charge is 0.550 e. The van der Waals surface area contributed by atoms with Crippen molar-refractivity contribution < 1.29 is 23.9 Å². The van der Waals surface area contributed by atoms with E-state index in [0.29, 0.717) is 19.8 Å². The summed E-state index contributed by atoms with van der Waals surface area (Å²) >= 11 is 0. The Morgan fingerprint density at radius 3 is 2.39 bits per heavy atom. The highest BCUT2D eigenvalue weighted by atomic mass is 16.5. The Morgan fingerprint density at radius 1 is 1.33 bits per heavy atom. The molecule has 0 aliphatic rings. The van der Waals surface area contributed by atoms with Gasteiger partial charge in [-0.2, -0.15) is 0 Å². The first kappa shape index (κ1) is 16.6. The lowest BCUT2D eigenvalue weighted by Crippen LogP contribution is -2.23. The van der Waals surface area contributed by atoms with Gasteiger partial charge in [0.2, 0.25) is 6.33 Å². The van der Waals surface area contributed by atoms with E-state index >= 15 is 0 Å². The molecule has 1 rings (SSSR count). The van der Waals surface area contributed by atoms with E-state index in [1.807, 2.05) is 48.9 Å². The second-order valence-electron chi connectivity index (χ2n) is 3.68. The first-order valence-electron chi connectivity index (χ1n) is 5.88. The minimum atomic E-state index is -1.08. The molecule has 0 fully saturated rings. The molecule has 0 aliphatic heterocycles. The molecule has 1 aromatic heterocycles. The summed E-state index contributed by atoms with van der Waals surface area (Å²) in [6.45, 7) is 3.71. The van der Waals surface area contributed by atoms with E-state index in [1.165, 1.54) is 0 Å². The zero-order chi connectivity index (χ0) is 13.8. The molecule has 0 aliphatic carbocycles. The van der Waals surface area contributed by atoms with Crippen LogP contribution in [0, 0.1) is 0 Å². The van der Waals surface area contributed by atoms with E-state index in [1.54, 1.807) is 0 Å². The molecule has 0 aromatic carbocycles. The van der Waals surface area contributed by atoms with Crippen molar-refractivity contribution in [3.63, 3.8) is 0 Å². The van der Waals surface area contributed by atoms with Gasteiger partial charge in [0.15, 0.2) is 0 Å². The minimum absolute atomic E-state index is 0.0495. The molecule has 6 nitrogen and oxygen atoms in total. The van der Waals surface area contributed by atoms with E-state index in [0.717, 1.165) is 0 Å². The number of carboxylic acid groups (broad SMARTS) is 1. The van der Waals surface area contributed by atoms with Crippen LogP contribution in [0.5, 0.6) is 0 Å². The predicted molar refractivity (Wildman–Crippen MR) is 63.5 cm³/mol. The topological polar surface area (TPSA) is 67.4 Å². The third-order valence-electron chi connectivity index (χ3n) is 1.93. The van der Waals surface area contributed by atoms with Crippen molar-refractivity contribution in [1.29, 1.82) is 0 Å². The van der Waals surface area contributed by atoms with Crippen molar-refractivity contribution in [3.05, 3.63) is 18.7 Å². The van der Waals surface area contributed by atoms with Crippen LogP contribution in [0.2, 0.25) is 0 Å². The molecule has 104 valence electrons. The Hall–Kier alpha value is -1.40. The Balaban J connectivity index is 0.000000351. The van der Waals surface area contributed by atoms with Gasteiger partial charge in [-0.3, -0.25) is 0 Å². The second-order valence-corrected chi connectivity index (χ2v) is 3.68. The van der Waals surface area contributed by atoms with Crippen LogP contribution in [-0.4, -0.2) is 37.0 Å². The van der Waals surface area contributed by atoms with Gasteiger partial charge in [-0.15, -0.1) is 0 Å². The number of hydrogen-bond acceptors (Lipinski definition) is 4. The van der Waals surface area contributed by atoms with Crippen molar-refractivity contribution in [2.24, 2.45) is 14.1 Å². The van der Waals surface area contributed by atoms with Gasteiger partial charge < -0.3 is 19.4 Å². The van der Waals surface area contributed by atoms with Crippen LogP contribution < -0.4 is 9.67 Å². The SMILES string of the molecule is CCOCCOCCC(=O)[O-].Cn1cc[n+](C)c1. The van der Waals surface area contributed by atoms with Gasteiger partial charge in [0.05, 0.1) is 33.9 Å². The van der Waals surface area contributed by atoms with Crippen LogP contribution in [-0.2, 0) is 28.4 Å². The molecule has 0 amide bonds. The van der Waals surface area contributed by atoms with Crippen molar-refractivity contribution in [3.8, 4) is 0 Å². The Bertz CT molecular complexity index is 309. The molecule has 0 N–H and O–H groups in total. The molecule has 1 heterocycles. The fourth-order valence-electron chi connectivity index (χ4n) is 1.09. The van der Waals surface area contributed by atoms with Crippen LogP contribution in [0.4, 0.5) is 0 Å². The number of nitrogens with zero attached hydrogens (tertiary/aromatic N) is 2. The average Bonchev–Trinajstić information content (AvgIpc) is 2.68. The fourth-order valence-corrected chi connectivity index (χ4v) is 1.09. The third kappa shape index (κ3) is 11.1. The predicted octanol–water partition coefficient (Wildman–Crippen LogP) is -0.971. The Labute approximate surface area is 108 Å². The van der Waals surface area contributed by atoms with Crippen LogP contribution >= 0.6 is 0 Å². The number of imidazole rings is 1. The maximum atomic E-state index is 9.87. The van der Waals surface area contributed by atoms with Gasteiger partial charge >= 0.3 is 0 Å². The molecule has 0 spiro atoms. The number of carbonyl (C=O) groups is 1. The van der Waals surface area contributed by atoms with Crippen LogP contribution in [0.3, 0.4) is 0 Å². The van der Waals surface area contributed by atoms with Crippen LogP contribution in [0.1, 0.15) is 13.3 Å². The molecule has 6 heteroatoms. The third-order valence-corrected chi connectivity index (χ3v) is 1.93. The molecule has 1 aromatic rings. The highest BCUT2D eigenvalue weighted by molar-refractivity contribution is 5.64. The lowest BCUT2D eigenvalue weighted by atomic mass is 10.5. The molecule has 0 saturated carbocycles. The van der Waals surface area contributed by atoms with Crippen molar-refractivity contribution in [2.45, 2.75) is 13.3 Å². The summed E-state index contributed by atoms with van der Waals surface area (Å²) in [6, 6.07) is 0. The van der Waals surface area contributed by atoms with Crippen molar-refractivity contribution in [1.82, 2.24) is 4.57 Å². The van der Waals surface area contributed by atoms with Crippen molar-refractivity contribution >= 4 is 5.97 Å². The van der Waals surface area contributed by atoms with Gasteiger partial charge in [0.1, 0.15) is 12.4 Å². The summed E-state index contributed by atoms with van der Waals surface area (Å²) in [5, 5.41) is 9.87. The van der Waals surface area contributed by atoms with E-state index in [-0.39, 0.29) is 13.0 Å². The number of aryl methyl sites for hydroxylation is 2. The minimum Gasteiger partial charge on any atom is -0.550 e. The maximum Gasteiger partial charge on any atom is 0.243 e. The lowest BCUT2D eigenvalue weighted by Gasteiger charge is -2.04. The van der Waals surface area contributed by atoms with Crippen LogP contribution in [0.15, 0.2) is 18.7 Å². The Morgan fingerprint density at radius 2 is 2.00 bits per heavy atom. The molecule has 0 radical (unpaired) electrons. The number of rotatable bonds is 7. The lowest BCUT2D eigenvalue weighted by molar-refractivity contribution is -0.670. The van der Waals surface area contributed by atoms with Gasteiger partial charge in [0.25, 0.3) is 0 Å². The smallest absolute Gasteiger partial charge is 0.243 e. The van der Waals surface area contributed by atoms with E-state index in [4.69, 9.17) is 9.47 Å². The number of hydrogen-bond donors (Lipinski definition) is 0. The van der Waals surface area contributed by atoms with Gasteiger partial charge in [-0.05, 0) is 6.92 Å². The summed E-state index contributed by atoms with van der Waals surface area (Å²) in [5.74, 6) is -1.08. The highest BCUT2D eigenvalue weighted by Gasteiger charge is 1.88. The molecular weight excluding hydrogens is 236 g/mol. The van der Waals surface area contributed by atoms with Crippen LogP contribution in [0.25, 0.3) is 0 Å². The first-order chi connectivity index (χ1) is 8.56. The zero-order valence-corrected chi connectivity index (χ0v) is 11.3. The normalized spacial score (nSPS) is 9.72. The number of carbonyl (C=O) groups excluding carboxylic acids is 1. The summed E-state index contributed by atoms with van der Waals surface area (Å²) in [5.41, 5.74) is 0. The standard InChI is InChI=1S/C7H14O4.C5H9N2/c1-2-10-5-6-11-4-3-7(8)9;1-6-3-4-7(2)5-6/h2-6H2,1H3,(H,8,9);3-5H,1-2H3/q;+1/p-1. The first-order valence-corrected chi connectivity index (χ1v) is 5.88. The number of carboxylic acids is 1. The average molecular weight is 258 g/mol. The number of ether oxygens (including phenoxy) is 2. The summed E-state index contributed by atoms with van der Waals surface area (Å²) in [4.78, 5) is 9.87. The molecule has 18 heavy (non-hydrogen) atoms. The summed E-state index contributed by atoms with van der Waals surface area (Å²) in [6.07, 6.45) is 5.95. The molecular formula is C12H22N2O4. The number of aliphatic carboxylic acids is 1.